The number of hydrogen-bond acceptors (Lipinski definition) is 5. The van der Waals surface area contributed by atoms with Crippen LogP contribution in [-0.4, -0.2) is 32.5 Å². The van der Waals surface area contributed by atoms with Crippen LogP contribution in [0.1, 0.15) is 39.8 Å². The highest BCUT2D eigenvalue weighted by Gasteiger charge is 2.30. The Bertz CT molecular complexity index is 916. The summed E-state index contributed by atoms with van der Waals surface area (Å²) < 4.78 is 7.02. The van der Waals surface area contributed by atoms with Crippen molar-refractivity contribution < 1.29 is 9.53 Å². The molecule has 0 saturated heterocycles. The molecule has 0 fully saturated rings. The van der Waals surface area contributed by atoms with Gasteiger partial charge >= 0.3 is 0 Å². The van der Waals surface area contributed by atoms with Gasteiger partial charge in [-0.3, -0.25) is 4.79 Å². The molecule has 116 valence electrons. The highest BCUT2D eigenvalue weighted by molar-refractivity contribution is 5.98. The second kappa shape index (κ2) is 5.15. The number of carbonyl (C=O) groups is 1. The van der Waals surface area contributed by atoms with E-state index in [1.54, 1.807) is 17.8 Å². The minimum absolute atomic E-state index is 0.0742. The lowest BCUT2D eigenvalue weighted by Crippen LogP contribution is -2.21. The Hall–Kier alpha value is -2.76. The van der Waals surface area contributed by atoms with Crippen molar-refractivity contribution in [3.05, 3.63) is 53.1 Å². The minimum Gasteiger partial charge on any atom is -0.496 e. The number of ketones is 1. The number of hydrogen-bond donors (Lipinski definition) is 0. The molecule has 0 spiro atoms. The van der Waals surface area contributed by atoms with Crippen molar-refractivity contribution in [2.24, 2.45) is 0 Å². The molecule has 6 nitrogen and oxygen atoms in total. The van der Waals surface area contributed by atoms with E-state index in [4.69, 9.17) is 4.74 Å². The number of para-hydroxylation sites is 1. The van der Waals surface area contributed by atoms with Crippen LogP contribution in [0.25, 0.3) is 5.78 Å². The first-order chi connectivity index (χ1) is 11.2. The summed E-state index contributed by atoms with van der Waals surface area (Å²) >= 11 is 0. The maximum atomic E-state index is 12.6. The van der Waals surface area contributed by atoms with Crippen LogP contribution in [0.4, 0.5) is 0 Å². The fourth-order valence-electron chi connectivity index (χ4n) is 3.21. The van der Waals surface area contributed by atoms with Gasteiger partial charge in [-0.2, -0.15) is 10.1 Å². The summed E-state index contributed by atoms with van der Waals surface area (Å²) in [6.45, 7) is 1.81. The molecule has 23 heavy (non-hydrogen) atoms. The molecule has 0 bridgehead atoms. The highest BCUT2D eigenvalue weighted by Crippen LogP contribution is 2.36. The van der Waals surface area contributed by atoms with Crippen LogP contribution >= 0.6 is 0 Å². The van der Waals surface area contributed by atoms with Crippen LogP contribution in [0.5, 0.6) is 5.75 Å². The van der Waals surface area contributed by atoms with E-state index in [2.05, 4.69) is 15.1 Å². The Labute approximate surface area is 133 Å². The normalized spacial score (nSPS) is 17.3. The second-order valence-electron chi connectivity index (χ2n) is 5.78. The number of methoxy groups -OCH3 is 1. The summed E-state index contributed by atoms with van der Waals surface area (Å²) in [7, 11) is 1.65. The molecule has 1 aliphatic rings. The highest BCUT2D eigenvalue weighted by atomic mass is 16.5. The monoisotopic (exact) mass is 308 g/mol. The van der Waals surface area contributed by atoms with Gasteiger partial charge in [0.1, 0.15) is 11.6 Å². The molecule has 3 aromatic rings. The van der Waals surface area contributed by atoms with E-state index in [-0.39, 0.29) is 11.7 Å². The predicted molar refractivity (Wildman–Crippen MR) is 83.9 cm³/mol. The molecule has 2 aromatic heterocycles. The number of aromatic nitrogens is 4. The molecular formula is C17H16N4O2. The molecule has 0 amide bonds. The number of ether oxygens (including phenoxy) is 1. The second-order valence-corrected chi connectivity index (χ2v) is 5.78. The molecule has 6 heteroatoms. The topological polar surface area (TPSA) is 69.4 Å². The van der Waals surface area contributed by atoms with Crippen molar-refractivity contribution in [3.8, 4) is 5.75 Å². The van der Waals surface area contributed by atoms with Crippen LogP contribution in [0.3, 0.4) is 0 Å². The van der Waals surface area contributed by atoms with E-state index >= 15 is 0 Å². The van der Waals surface area contributed by atoms with Gasteiger partial charge in [0.05, 0.1) is 18.4 Å². The van der Waals surface area contributed by atoms with E-state index in [0.717, 1.165) is 17.0 Å². The number of rotatable bonds is 2. The quantitative estimate of drug-likeness (QED) is 0.727. The lowest BCUT2D eigenvalue weighted by molar-refractivity contribution is 0.0962. The maximum absolute atomic E-state index is 12.6. The lowest BCUT2D eigenvalue weighted by Gasteiger charge is -2.24. The average molecular weight is 308 g/mol. The van der Waals surface area contributed by atoms with E-state index in [9.17, 15) is 4.79 Å². The van der Waals surface area contributed by atoms with Crippen molar-refractivity contribution >= 4 is 11.6 Å². The standard InChI is InChI=1S/C17H16N4O2/c1-10-18-17-19-14-7-11(12-5-3-4-6-16(12)23-2)8-15(22)13(14)9-21(17)20-10/h3-6,9,11H,7-8H2,1-2H3/t11-/m0/s1. The molecule has 4 rings (SSSR count). The molecule has 2 heterocycles. The van der Waals surface area contributed by atoms with Gasteiger partial charge in [-0.25, -0.2) is 9.50 Å². The van der Waals surface area contributed by atoms with Crippen molar-refractivity contribution in [2.75, 3.05) is 7.11 Å². The predicted octanol–water partition coefficient (Wildman–Crippen LogP) is 2.35. The Morgan fingerprint density at radius 1 is 1.22 bits per heavy atom. The van der Waals surface area contributed by atoms with Gasteiger partial charge in [0, 0.05) is 18.5 Å². The zero-order valence-corrected chi connectivity index (χ0v) is 13.0. The largest absolute Gasteiger partial charge is 0.496 e. The Balaban J connectivity index is 1.79. The Morgan fingerprint density at radius 3 is 2.87 bits per heavy atom. The van der Waals surface area contributed by atoms with Gasteiger partial charge in [-0.1, -0.05) is 18.2 Å². The fraction of sp³-hybridized carbons (Fsp3) is 0.294. The van der Waals surface area contributed by atoms with Crippen molar-refractivity contribution in [1.29, 1.82) is 0 Å². The number of nitrogens with zero attached hydrogens (tertiary/aromatic N) is 4. The Kier molecular flexibility index (Phi) is 3.11. The van der Waals surface area contributed by atoms with Crippen molar-refractivity contribution in [1.82, 2.24) is 19.6 Å². The van der Waals surface area contributed by atoms with Gasteiger partial charge in [0.25, 0.3) is 5.78 Å². The first-order valence-corrected chi connectivity index (χ1v) is 7.54. The number of aryl methyl sites for hydroxylation is 1. The minimum atomic E-state index is 0.0742. The van der Waals surface area contributed by atoms with E-state index in [1.807, 2.05) is 31.2 Å². The zero-order chi connectivity index (χ0) is 16.0. The maximum Gasteiger partial charge on any atom is 0.252 e. The smallest absolute Gasteiger partial charge is 0.252 e. The lowest BCUT2D eigenvalue weighted by atomic mass is 9.82. The third-order valence-corrected chi connectivity index (χ3v) is 4.27. The summed E-state index contributed by atoms with van der Waals surface area (Å²) in [5.74, 6) is 2.16. The van der Waals surface area contributed by atoms with Crippen LogP contribution in [-0.2, 0) is 6.42 Å². The summed E-state index contributed by atoms with van der Waals surface area (Å²) in [4.78, 5) is 21.4. The summed E-state index contributed by atoms with van der Waals surface area (Å²) in [5.41, 5.74) is 2.49. The fourth-order valence-corrected chi connectivity index (χ4v) is 3.21. The first-order valence-electron chi connectivity index (χ1n) is 7.54. The van der Waals surface area contributed by atoms with Gasteiger partial charge in [-0.05, 0) is 25.0 Å². The number of fused-ring (bicyclic) bond motifs is 2. The third-order valence-electron chi connectivity index (χ3n) is 4.27. The van der Waals surface area contributed by atoms with Crippen molar-refractivity contribution in [2.45, 2.75) is 25.7 Å². The SMILES string of the molecule is COc1ccccc1[C@@H]1CC(=O)c2cn3nc(C)nc3nc2C1. The Morgan fingerprint density at radius 2 is 2.04 bits per heavy atom. The van der Waals surface area contributed by atoms with Gasteiger partial charge in [-0.15, -0.1) is 0 Å². The van der Waals surface area contributed by atoms with Gasteiger partial charge < -0.3 is 4.74 Å². The number of carbonyl (C=O) groups excluding carboxylic acids is 1. The molecule has 1 aromatic carbocycles. The molecule has 0 radical (unpaired) electrons. The van der Waals surface area contributed by atoms with Crippen LogP contribution in [0.15, 0.2) is 30.5 Å². The first kappa shape index (κ1) is 13.9. The van der Waals surface area contributed by atoms with Crippen LogP contribution < -0.4 is 4.74 Å². The van der Waals surface area contributed by atoms with Crippen LogP contribution in [0.2, 0.25) is 0 Å². The van der Waals surface area contributed by atoms with Gasteiger partial charge in [0.2, 0.25) is 0 Å². The average Bonchev–Trinajstić information content (AvgIpc) is 2.92. The number of benzene rings is 1. The van der Waals surface area contributed by atoms with Crippen LogP contribution in [0, 0.1) is 6.92 Å². The van der Waals surface area contributed by atoms with E-state index in [0.29, 0.717) is 30.0 Å². The summed E-state index contributed by atoms with van der Waals surface area (Å²) in [5, 5.41) is 4.23. The van der Waals surface area contributed by atoms with E-state index in [1.165, 1.54) is 0 Å². The molecular weight excluding hydrogens is 292 g/mol. The molecule has 1 atom stereocenters. The van der Waals surface area contributed by atoms with Crippen molar-refractivity contribution in [3.63, 3.8) is 0 Å². The molecule has 0 aliphatic heterocycles. The molecule has 0 unspecified atom stereocenters. The van der Waals surface area contributed by atoms with Gasteiger partial charge in [0.15, 0.2) is 5.78 Å². The molecule has 1 aliphatic carbocycles. The zero-order valence-electron chi connectivity index (χ0n) is 13.0. The molecule has 0 N–H and O–H groups in total. The summed E-state index contributed by atoms with van der Waals surface area (Å²) in [6.07, 6.45) is 2.90. The summed E-state index contributed by atoms with van der Waals surface area (Å²) in [6, 6.07) is 7.84. The molecule has 0 saturated carbocycles. The third kappa shape index (κ3) is 2.27. The number of Topliss-reactive ketones (excluding diaryl/α,β-unsaturated/α-hetero) is 1. The van der Waals surface area contributed by atoms with E-state index < -0.39 is 0 Å².